The molecule has 4 heteroatoms. The molecule has 0 aromatic carbocycles. The van der Waals surface area contributed by atoms with Gasteiger partial charge in [-0.3, -0.25) is 0 Å². The molecule has 1 aliphatic carbocycles. The minimum Gasteiger partial charge on any atom is -0.317 e. The maximum Gasteiger partial charge on any atom is 0.391 e. The van der Waals surface area contributed by atoms with Gasteiger partial charge in [0.05, 0.1) is 5.92 Å². The molecule has 1 saturated carbocycles. The zero-order chi connectivity index (χ0) is 11.5. The number of alkyl halides is 3. The van der Waals surface area contributed by atoms with Gasteiger partial charge in [-0.1, -0.05) is 6.92 Å². The normalized spacial score (nSPS) is 30.2. The Kier molecular flexibility index (Phi) is 4.44. The summed E-state index contributed by atoms with van der Waals surface area (Å²) in [5.41, 5.74) is 0. The molecule has 1 aliphatic rings. The average molecular weight is 223 g/mol. The van der Waals surface area contributed by atoms with Crippen LogP contribution in [0.2, 0.25) is 0 Å². The summed E-state index contributed by atoms with van der Waals surface area (Å²) in [6, 6.07) is 0.388. The van der Waals surface area contributed by atoms with E-state index in [1.54, 1.807) is 0 Å². The van der Waals surface area contributed by atoms with Crippen LogP contribution >= 0.6 is 0 Å². The number of rotatable bonds is 3. The molecule has 0 bridgehead atoms. The van der Waals surface area contributed by atoms with E-state index >= 15 is 0 Å². The molecule has 1 unspecified atom stereocenters. The van der Waals surface area contributed by atoms with Crippen LogP contribution in [0.1, 0.15) is 39.0 Å². The van der Waals surface area contributed by atoms with Crippen molar-refractivity contribution >= 4 is 0 Å². The van der Waals surface area contributed by atoms with Crippen LogP contribution in [0.25, 0.3) is 0 Å². The molecule has 0 heterocycles. The lowest BCUT2D eigenvalue weighted by atomic mass is 9.77. The van der Waals surface area contributed by atoms with E-state index in [1.165, 1.54) is 0 Å². The SMILES string of the molecule is CCC(NC)C1CCC(C(F)(F)F)CC1. The minimum atomic E-state index is -3.98. The summed E-state index contributed by atoms with van der Waals surface area (Å²) < 4.78 is 37.3. The first-order chi connectivity index (χ1) is 6.99. The second-order valence-corrected chi connectivity index (χ2v) is 4.46. The predicted molar refractivity (Wildman–Crippen MR) is 54.6 cm³/mol. The molecule has 1 atom stereocenters. The molecular formula is C11H20F3N. The molecule has 1 fully saturated rings. The van der Waals surface area contributed by atoms with Crippen LogP contribution in [0, 0.1) is 11.8 Å². The molecule has 0 radical (unpaired) electrons. The highest BCUT2D eigenvalue weighted by Crippen LogP contribution is 2.40. The van der Waals surface area contributed by atoms with Crippen LogP contribution in [0.3, 0.4) is 0 Å². The van der Waals surface area contributed by atoms with E-state index in [0.717, 1.165) is 6.42 Å². The molecule has 1 nitrogen and oxygen atoms in total. The molecule has 0 aromatic rings. The monoisotopic (exact) mass is 223 g/mol. The summed E-state index contributed by atoms with van der Waals surface area (Å²) >= 11 is 0. The number of hydrogen-bond donors (Lipinski definition) is 1. The van der Waals surface area contributed by atoms with Crippen LogP contribution in [-0.2, 0) is 0 Å². The lowest BCUT2D eigenvalue weighted by molar-refractivity contribution is -0.184. The summed E-state index contributed by atoms with van der Waals surface area (Å²) in [4.78, 5) is 0. The zero-order valence-corrected chi connectivity index (χ0v) is 9.40. The fraction of sp³-hybridized carbons (Fsp3) is 1.00. The Labute approximate surface area is 89.4 Å². The van der Waals surface area contributed by atoms with Gasteiger partial charge in [-0.15, -0.1) is 0 Å². The molecule has 15 heavy (non-hydrogen) atoms. The largest absolute Gasteiger partial charge is 0.391 e. The van der Waals surface area contributed by atoms with Crippen LogP contribution in [0.5, 0.6) is 0 Å². The average Bonchev–Trinajstić information content (AvgIpc) is 2.19. The van der Waals surface area contributed by atoms with Crippen LogP contribution in [0.4, 0.5) is 13.2 Å². The molecule has 0 amide bonds. The number of nitrogens with one attached hydrogen (secondary N) is 1. The highest BCUT2D eigenvalue weighted by molar-refractivity contribution is 4.82. The van der Waals surface area contributed by atoms with Crippen molar-refractivity contribution in [3.8, 4) is 0 Å². The van der Waals surface area contributed by atoms with Crippen molar-refractivity contribution in [2.45, 2.75) is 51.2 Å². The highest BCUT2D eigenvalue weighted by Gasteiger charge is 2.42. The summed E-state index contributed by atoms with van der Waals surface area (Å²) in [5, 5.41) is 3.19. The van der Waals surface area contributed by atoms with Crippen molar-refractivity contribution in [3.63, 3.8) is 0 Å². The van der Waals surface area contributed by atoms with Gasteiger partial charge in [-0.2, -0.15) is 13.2 Å². The maximum atomic E-state index is 12.4. The predicted octanol–water partition coefficient (Wildman–Crippen LogP) is 3.35. The number of halogens is 3. The zero-order valence-electron chi connectivity index (χ0n) is 9.40. The third-order valence-corrected chi connectivity index (χ3v) is 3.61. The number of hydrogen-bond acceptors (Lipinski definition) is 1. The van der Waals surface area contributed by atoms with Gasteiger partial charge in [-0.05, 0) is 45.1 Å². The van der Waals surface area contributed by atoms with Gasteiger partial charge in [0.1, 0.15) is 0 Å². The summed E-state index contributed by atoms with van der Waals surface area (Å²) in [6.45, 7) is 2.08. The van der Waals surface area contributed by atoms with Crippen molar-refractivity contribution in [2.24, 2.45) is 11.8 Å². The molecule has 90 valence electrons. The molecular weight excluding hydrogens is 203 g/mol. The van der Waals surface area contributed by atoms with E-state index < -0.39 is 12.1 Å². The molecule has 1 N–H and O–H groups in total. The Morgan fingerprint density at radius 2 is 1.73 bits per heavy atom. The van der Waals surface area contributed by atoms with Crippen molar-refractivity contribution in [1.29, 1.82) is 0 Å². The van der Waals surface area contributed by atoms with Gasteiger partial charge in [0, 0.05) is 6.04 Å². The first kappa shape index (κ1) is 12.8. The third-order valence-electron chi connectivity index (χ3n) is 3.61. The molecule has 0 aromatic heterocycles. The molecule has 0 spiro atoms. The van der Waals surface area contributed by atoms with E-state index in [1.807, 2.05) is 7.05 Å². The standard InChI is InChI=1S/C11H20F3N/c1-3-10(15-2)8-4-6-9(7-5-8)11(12,13)14/h8-10,15H,3-7H2,1-2H3. The van der Waals surface area contributed by atoms with Gasteiger partial charge in [0.2, 0.25) is 0 Å². The lowest BCUT2D eigenvalue weighted by Crippen LogP contribution is -2.37. The minimum absolute atomic E-state index is 0.312. The Bertz CT molecular complexity index is 179. The second kappa shape index (κ2) is 5.19. The van der Waals surface area contributed by atoms with E-state index in [0.29, 0.717) is 37.6 Å². The Hall–Kier alpha value is -0.250. The first-order valence-electron chi connectivity index (χ1n) is 5.73. The van der Waals surface area contributed by atoms with Crippen LogP contribution in [-0.4, -0.2) is 19.3 Å². The topological polar surface area (TPSA) is 12.0 Å². The molecule has 0 aliphatic heterocycles. The molecule has 1 rings (SSSR count). The molecule has 0 saturated heterocycles. The van der Waals surface area contributed by atoms with Crippen molar-refractivity contribution in [1.82, 2.24) is 5.32 Å². The van der Waals surface area contributed by atoms with Crippen molar-refractivity contribution < 1.29 is 13.2 Å². The second-order valence-electron chi connectivity index (χ2n) is 4.46. The van der Waals surface area contributed by atoms with Crippen molar-refractivity contribution in [2.75, 3.05) is 7.05 Å². The third kappa shape index (κ3) is 3.37. The lowest BCUT2D eigenvalue weighted by Gasteiger charge is -2.34. The Morgan fingerprint density at radius 1 is 1.20 bits per heavy atom. The van der Waals surface area contributed by atoms with E-state index in [2.05, 4.69) is 12.2 Å². The van der Waals surface area contributed by atoms with Gasteiger partial charge in [0.15, 0.2) is 0 Å². The van der Waals surface area contributed by atoms with Crippen LogP contribution < -0.4 is 5.32 Å². The van der Waals surface area contributed by atoms with E-state index in [4.69, 9.17) is 0 Å². The Morgan fingerprint density at radius 3 is 2.07 bits per heavy atom. The van der Waals surface area contributed by atoms with Gasteiger partial charge in [0.25, 0.3) is 0 Å². The fourth-order valence-electron chi connectivity index (χ4n) is 2.62. The summed E-state index contributed by atoms with van der Waals surface area (Å²) in [5.74, 6) is -0.623. The summed E-state index contributed by atoms with van der Waals surface area (Å²) in [7, 11) is 1.89. The quantitative estimate of drug-likeness (QED) is 0.773. The van der Waals surface area contributed by atoms with Crippen molar-refractivity contribution in [3.05, 3.63) is 0 Å². The fourth-order valence-corrected chi connectivity index (χ4v) is 2.62. The van der Waals surface area contributed by atoms with Gasteiger partial charge in [-0.25, -0.2) is 0 Å². The van der Waals surface area contributed by atoms with Gasteiger partial charge >= 0.3 is 6.18 Å². The highest BCUT2D eigenvalue weighted by atomic mass is 19.4. The van der Waals surface area contributed by atoms with Crippen LogP contribution in [0.15, 0.2) is 0 Å². The first-order valence-corrected chi connectivity index (χ1v) is 5.73. The smallest absolute Gasteiger partial charge is 0.317 e. The van der Waals surface area contributed by atoms with Gasteiger partial charge < -0.3 is 5.32 Å². The summed E-state index contributed by atoms with van der Waals surface area (Å²) in [6.07, 6.45) is -0.935. The van der Waals surface area contributed by atoms with E-state index in [9.17, 15) is 13.2 Å². The maximum absolute atomic E-state index is 12.4. The van der Waals surface area contributed by atoms with E-state index in [-0.39, 0.29) is 0 Å². The Balaban J connectivity index is 2.42.